The van der Waals surface area contributed by atoms with Gasteiger partial charge in [-0.25, -0.2) is 9.59 Å². The maximum absolute atomic E-state index is 12.7. The lowest BCUT2D eigenvalue weighted by Gasteiger charge is -2.37. The Hall–Kier alpha value is -3.10. The van der Waals surface area contributed by atoms with Crippen molar-refractivity contribution in [3.8, 4) is 0 Å². The van der Waals surface area contributed by atoms with Crippen molar-refractivity contribution < 1.29 is 23.9 Å². The molecule has 0 radical (unpaired) electrons. The molecule has 0 aliphatic carbocycles. The number of carbonyl (C=O) groups is 4. The SMILES string of the molecule is CCOC(=O)Nc1cccc(C(=O)N2CCC3(CC2)NC(=O)NC3=O)c1. The standard InChI is InChI=1S/C17H20N4O5/c1-2-26-16(25)18-12-5-3-4-11(10-12)13(22)21-8-6-17(7-9-21)14(23)19-15(24)20-17/h3-5,10H,2,6-9H2,1H3,(H,18,25)(H2,19,20,23,24). The van der Waals surface area contributed by atoms with Gasteiger partial charge in [0.1, 0.15) is 5.54 Å². The molecule has 0 unspecified atom stereocenters. The highest BCUT2D eigenvalue weighted by atomic mass is 16.5. The summed E-state index contributed by atoms with van der Waals surface area (Å²) in [5.41, 5.74) is -0.0263. The minimum atomic E-state index is -0.915. The molecule has 2 fully saturated rings. The third kappa shape index (κ3) is 3.46. The summed E-state index contributed by atoms with van der Waals surface area (Å²) >= 11 is 0. The van der Waals surface area contributed by atoms with Gasteiger partial charge >= 0.3 is 12.1 Å². The first kappa shape index (κ1) is 17.7. The second-order valence-corrected chi connectivity index (χ2v) is 6.21. The summed E-state index contributed by atoms with van der Waals surface area (Å²) in [6.45, 7) is 2.66. The molecule has 0 aromatic heterocycles. The number of likely N-dealkylation sites (tertiary alicyclic amines) is 1. The summed E-state index contributed by atoms with van der Waals surface area (Å²) in [5, 5.41) is 7.47. The molecular formula is C17H20N4O5. The molecule has 1 aromatic rings. The van der Waals surface area contributed by atoms with E-state index in [0.717, 1.165) is 0 Å². The third-order valence-electron chi connectivity index (χ3n) is 4.55. The molecule has 9 nitrogen and oxygen atoms in total. The molecule has 1 spiro atoms. The number of hydrogen-bond acceptors (Lipinski definition) is 5. The van der Waals surface area contributed by atoms with Crippen LogP contribution in [0.3, 0.4) is 0 Å². The van der Waals surface area contributed by atoms with Crippen LogP contribution < -0.4 is 16.0 Å². The number of piperidine rings is 1. The highest BCUT2D eigenvalue weighted by Gasteiger charge is 2.48. The van der Waals surface area contributed by atoms with Gasteiger partial charge in [-0.15, -0.1) is 0 Å². The molecule has 2 aliphatic rings. The number of urea groups is 1. The Bertz CT molecular complexity index is 755. The van der Waals surface area contributed by atoms with Crippen LogP contribution in [0.25, 0.3) is 0 Å². The Labute approximate surface area is 150 Å². The lowest BCUT2D eigenvalue weighted by Crippen LogP contribution is -2.55. The number of rotatable bonds is 3. The van der Waals surface area contributed by atoms with Crippen molar-refractivity contribution in [2.75, 3.05) is 25.0 Å². The molecule has 0 saturated carbocycles. The second kappa shape index (κ2) is 7.03. The van der Waals surface area contributed by atoms with Gasteiger partial charge in [0, 0.05) is 24.3 Å². The van der Waals surface area contributed by atoms with E-state index in [1.54, 1.807) is 36.1 Å². The first-order chi connectivity index (χ1) is 12.4. The van der Waals surface area contributed by atoms with Crippen LogP contribution in [0.1, 0.15) is 30.1 Å². The van der Waals surface area contributed by atoms with Crippen LogP contribution in [-0.2, 0) is 9.53 Å². The van der Waals surface area contributed by atoms with E-state index >= 15 is 0 Å². The number of nitrogens with one attached hydrogen (secondary N) is 3. The summed E-state index contributed by atoms with van der Waals surface area (Å²) in [7, 11) is 0. The van der Waals surface area contributed by atoms with E-state index in [9.17, 15) is 19.2 Å². The van der Waals surface area contributed by atoms with Crippen LogP contribution in [0.2, 0.25) is 0 Å². The van der Waals surface area contributed by atoms with Crippen molar-refractivity contribution >= 4 is 29.6 Å². The largest absolute Gasteiger partial charge is 0.450 e. The van der Waals surface area contributed by atoms with Crippen molar-refractivity contribution in [3.63, 3.8) is 0 Å². The first-order valence-electron chi connectivity index (χ1n) is 8.40. The molecule has 0 atom stereocenters. The quantitative estimate of drug-likeness (QED) is 0.697. The number of ether oxygens (including phenoxy) is 1. The van der Waals surface area contributed by atoms with Gasteiger partial charge in [0.15, 0.2) is 0 Å². The predicted molar refractivity (Wildman–Crippen MR) is 91.6 cm³/mol. The molecule has 2 aliphatic heterocycles. The molecule has 3 rings (SSSR count). The third-order valence-corrected chi connectivity index (χ3v) is 4.55. The molecule has 5 amide bonds. The van der Waals surface area contributed by atoms with Crippen LogP contribution in [0, 0.1) is 0 Å². The fourth-order valence-electron chi connectivity index (χ4n) is 3.17. The van der Waals surface area contributed by atoms with Gasteiger partial charge in [-0.3, -0.25) is 20.2 Å². The Morgan fingerprint density at radius 2 is 2.00 bits per heavy atom. The topological polar surface area (TPSA) is 117 Å². The van der Waals surface area contributed by atoms with Gasteiger partial charge in [-0.05, 0) is 38.0 Å². The van der Waals surface area contributed by atoms with Crippen LogP contribution in [0.5, 0.6) is 0 Å². The van der Waals surface area contributed by atoms with E-state index in [1.807, 2.05) is 0 Å². The van der Waals surface area contributed by atoms with E-state index in [1.165, 1.54) is 0 Å². The van der Waals surface area contributed by atoms with Gasteiger partial charge in [0.2, 0.25) is 0 Å². The number of amides is 5. The molecule has 138 valence electrons. The maximum Gasteiger partial charge on any atom is 0.411 e. The summed E-state index contributed by atoms with van der Waals surface area (Å²) in [6, 6.07) is 6.08. The Balaban J connectivity index is 1.64. The lowest BCUT2D eigenvalue weighted by molar-refractivity contribution is -0.125. The van der Waals surface area contributed by atoms with Crippen LogP contribution >= 0.6 is 0 Å². The van der Waals surface area contributed by atoms with Gasteiger partial charge in [0.25, 0.3) is 11.8 Å². The molecule has 3 N–H and O–H groups in total. The zero-order valence-corrected chi connectivity index (χ0v) is 14.3. The lowest BCUT2D eigenvalue weighted by atomic mass is 9.87. The number of benzene rings is 1. The minimum absolute atomic E-state index is 0.197. The first-order valence-corrected chi connectivity index (χ1v) is 8.40. The van der Waals surface area contributed by atoms with Crippen LogP contribution in [0.4, 0.5) is 15.3 Å². The van der Waals surface area contributed by atoms with E-state index < -0.39 is 17.7 Å². The summed E-state index contributed by atoms with van der Waals surface area (Å²) in [4.78, 5) is 49.2. The zero-order chi connectivity index (χ0) is 18.7. The highest BCUT2D eigenvalue weighted by Crippen LogP contribution is 2.26. The number of anilines is 1. The van der Waals surface area contributed by atoms with Crippen molar-refractivity contribution in [2.24, 2.45) is 0 Å². The Kier molecular flexibility index (Phi) is 4.79. The molecule has 1 aromatic carbocycles. The summed E-state index contributed by atoms with van der Waals surface area (Å²) in [6.07, 6.45) is 0.133. The normalized spacial score (nSPS) is 18.3. The fourth-order valence-corrected chi connectivity index (χ4v) is 3.17. The number of hydrogen-bond donors (Lipinski definition) is 3. The molecule has 0 bridgehead atoms. The molecule has 2 heterocycles. The van der Waals surface area contributed by atoms with Crippen molar-refractivity contribution in [1.82, 2.24) is 15.5 Å². The average Bonchev–Trinajstić information content (AvgIpc) is 2.88. The smallest absolute Gasteiger partial charge is 0.411 e. The van der Waals surface area contributed by atoms with E-state index in [0.29, 0.717) is 37.2 Å². The van der Waals surface area contributed by atoms with E-state index in [2.05, 4.69) is 16.0 Å². The van der Waals surface area contributed by atoms with Gasteiger partial charge in [-0.2, -0.15) is 0 Å². The molecular weight excluding hydrogens is 340 g/mol. The zero-order valence-electron chi connectivity index (χ0n) is 14.3. The molecule has 9 heteroatoms. The minimum Gasteiger partial charge on any atom is -0.450 e. The van der Waals surface area contributed by atoms with E-state index in [-0.39, 0.29) is 18.4 Å². The predicted octanol–water partition coefficient (Wildman–Crippen LogP) is 1.07. The van der Waals surface area contributed by atoms with Crippen LogP contribution in [0.15, 0.2) is 24.3 Å². The Morgan fingerprint density at radius 3 is 2.62 bits per heavy atom. The monoisotopic (exact) mass is 360 g/mol. The van der Waals surface area contributed by atoms with E-state index in [4.69, 9.17) is 4.74 Å². The summed E-state index contributed by atoms with van der Waals surface area (Å²) < 4.78 is 4.82. The van der Waals surface area contributed by atoms with Crippen molar-refractivity contribution in [2.45, 2.75) is 25.3 Å². The number of nitrogens with zero attached hydrogens (tertiary/aromatic N) is 1. The van der Waals surface area contributed by atoms with Gasteiger partial charge in [0.05, 0.1) is 6.61 Å². The summed E-state index contributed by atoms with van der Waals surface area (Å²) in [5.74, 6) is -0.535. The van der Waals surface area contributed by atoms with Crippen molar-refractivity contribution in [1.29, 1.82) is 0 Å². The molecule has 2 saturated heterocycles. The van der Waals surface area contributed by atoms with Gasteiger partial charge in [-0.1, -0.05) is 6.07 Å². The van der Waals surface area contributed by atoms with Crippen LogP contribution in [-0.4, -0.2) is 54.1 Å². The Morgan fingerprint density at radius 1 is 1.27 bits per heavy atom. The second-order valence-electron chi connectivity index (χ2n) is 6.21. The van der Waals surface area contributed by atoms with Gasteiger partial charge < -0.3 is 15.0 Å². The molecule has 26 heavy (non-hydrogen) atoms. The number of imide groups is 1. The fraction of sp³-hybridized carbons (Fsp3) is 0.412. The highest BCUT2D eigenvalue weighted by molar-refractivity contribution is 6.07. The average molecular weight is 360 g/mol. The number of carbonyl (C=O) groups excluding carboxylic acids is 4. The maximum atomic E-state index is 12.7. The van der Waals surface area contributed by atoms with Crippen molar-refractivity contribution in [3.05, 3.63) is 29.8 Å².